The minimum absolute atomic E-state index is 0.221. The molecule has 1 saturated heterocycles. The third kappa shape index (κ3) is 3.52. The standard InChI is InChI=1S/C26H26FN3/c1-2-3-18-14-23-15-21(10-13-30(23)17-18)24-16-29-26(20-4-6-22(27)7-5-20)25(24)19-8-11-28-12-9-19/h2,4-12,16,18,23,29H,1,3,13-15,17H2/t18-,23-/m0/s1. The summed E-state index contributed by atoms with van der Waals surface area (Å²) in [4.78, 5) is 10.3. The minimum Gasteiger partial charge on any atom is -0.360 e. The molecule has 4 heterocycles. The van der Waals surface area contributed by atoms with Gasteiger partial charge >= 0.3 is 0 Å². The van der Waals surface area contributed by atoms with Gasteiger partial charge in [0.1, 0.15) is 5.82 Å². The molecule has 2 aromatic heterocycles. The molecule has 1 aromatic carbocycles. The first kappa shape index (κ1) is 19.0. The van der Waals surface area contributed by atoms with Crippen LogP contribution in [0.15, 0.2) is 73.7 Å². The van der Waals surface area contributed by atoms with Crippen molar-refractivity contribution in [1.82, 2.24) is 14.9 Å². The van der Waals surface area contributed by atoms with Crippen LogP contribution >= 0.6 is 0 Å². The number of nitrogens with zero attached hydrogens (tertiary/aromatic N) is 2. The summed E-state index contributed by atoms with van der Waals surface area (Å²) in [6.45, 7) is 6.09. The van der Waals surface area contributed by atoms with Crippen LogP contribution in [-0.2, 0) is 0 Å². The zero-order valence-electron chi connectivity index (χ0n) is 17.0. The Labute approximate surface area is 177 Å². The lowest BCUT2D eigenvalue weighted by Crippen LogP contribution is -2.33. The Kier molecular flexibility index (Phi) is 5.09. The lowest BCUT2D eigenvalue weighted by atomic mass is 9.89. The topological polar surface area (TPSA) is 31.9 Å². The summed E-state index contributed by atoms with van der Waals surface area (Å²) in [5.41, 5.74) is 6.94. The van der Waals surface area contributed by atoms with Crippen molar-refractivity contribution in [3.05, 3.63) is 85.1 Å². The Morgan fingerprint density at radius 3 is 2.70 bits per heavy atom. The molecule has 0 amide bonds. The van der Waals surface area contributed by atoms with Crippen LogP contribution in [0.2, 0.25) is 0 Å². The number of aromatic amines is 1. The fraction of sp³-hybridized carbons (Fsp3) is 0.269. The first-order chi connectivity index (χ1) is 14.7. The number of aromatic nitrogens is 2. The molecule has 2 atom stereocenters. The van der Waals surface area contributed by atoms with Gasteiger partial charge in [0.25, 0.3) is 0 Å². The molecule has 30 heavy (non-hydrogen) atoms. The second-order valence-corrected chi connectivity index (χ2v) is 8.36. The van der Waals surface area contributed by atoms with Crippen molar-refractivity contribution >= 4 is 5.57 Å². The van der Waals surface area contributed by atoms with Crippen LogP contribution in [0.5, 0.6) is 0 Å². The van der Waals surface area contributed by atoms with Crippen molar-refractivity contribution < 1.29 is 4.39 Å². The van der Waals surface area contributed by atoms with Crippen molar-refractivity contribution in [2.75, 3.05) is 13.1 Å². The average molecular weight is 400 g/mol. The lowest BCUT2D eigenvalue weighted by Gasteiger charge is -2.29. The van der Waals surface area contributed by atoms with Crippen molar-refractivity contribution in [2.45, 2.75) is 25.3 Å². The Hall–Kier alpha value is -2.98. The summed E-state index contributed by atoms with van der Waals surface area (Å²) in [5.74, 6) is 0.502. The molecule has 0 radical (unpaired) electrons. The zero-order valence-corrected chi connectivity index (χ0v) is 17.0. The quantitative estimate of drug-likeness (QED) is 0.539. The number of halogens is 1. The largest absolute Gasteiger partial charge is 0.360 e. The predicted molar refractivity (Wildman–Crippen MR) is 120 cm³/mol. The molecule has 0 saturated carbocycles. The molecule has 5 rings (SSSR count). The van der Waals surface area contributed by atoms with Gasteiger partial charge in [-0.3, -0.25) is 9.88 Å². The van der Waals surface area contributed by atoms with Crippen LogP contribution in [-0.4, -0.2) is 34.0 Å². The summed E-state index contributed by atoms with van der Waals surface area (Å²) in [5, 5.41) is 0. The number of fused-ring (bicyclic) bond motifs is 1. The third-order valence-corrected chi connectivity index (χ3v) is 6.47. The number of nitrogens with one attached hydrogen (secondary N) is 1. The van der Waals surface area contributed by atoms with Gasteiger partial charge in [0.2, 0.25) is 0 Å². The van der Waals surface area contributed by atoms with Crippen LogP contribution in [0.1, 0.15) is 24.8 Å². The third-order valence-electron chi connectivity index (χ3n) is 6.47. The molecule has 2 aliphatic heterocycles. The minimum atomic E-state index is -0.221. The Morgan fingerprint density at radius 2 is 1.93 bits per heavy atom. The maximum atomic E-state index is 13.5. The van der Waals surface area contributed by atoms with E-state index in [0.29, 0.717) is 6.04 Å². The van der Waals surface area contributed by atoms with E-state index in [1.54, 1.807) is 0 Å². The number of benzene rings is 1. The molecule has 3 nitrogen and oxygen atoms in total. The van der Waals surface area contributed by atoms with Crippen LogP contribution < -0.4 is 0 Å². The second-order valence-electron chi connectivity index (χ2n) is 8.36. The maximum absolute atomic E-state index is 13.5. The highest BCUT2D eigenvalue weighted by Crippen LogP contribution is 2.42. The van der Waals surface area contributed by atoms with Crippen molar-refractivity contribution in [3.63, 3.8) is 0 Å². The molecular formula is C26H26FN3. The highest BCUT2D eigenvalue weighted by atomic mass is 19.1. The maximum Gasteiger partial charge on any atom is 0.123 e. The molecule has 152 valence electrons. The molecule has 0 spiro atoms. The van der Waals surface area contributed by atoms with Gasteiger partial charge < -0.3 is 4.98 Å². The van der Waals surface area contributed by atoms with Crippen LogP contribution in [0.4, 0.5) is 4.39 Å². The summed E-state index contributed by atoms with van der Waals surface area (Å²) >= 11 is 0. The SMILES string of the molecule is C=CC[C@H]1C[C@H]2CC(c3c[nH]c(-c4ccc(F)cc4)c3-c3ccncc3)=CCN2C1. The molecular weight excluding hydrogens is 373 g/mol. The summed E-state index contributed by atoms with van der Waals surface area (Å²) in [6, 6.07) is 11.4. The van der Waals surface area contributed by atoms with Crippen LogP contribution in [0.25, 0.3) is 28.0 Å². The van der Waals surface area contributed by atoms with Gasteiger partial charge in [0.05, 0.1) is 5.69 Å². The number of H-pyrrole nitrogens is 1. The summed E-state index contributed by atoms with van der Waals surface area (Å²) in [6.07, 6.45) is 13.6. The Balaban J connectivity index is 1.53. The monoisotopic (exact) mass is 399 g/mol. The molecule has 0 bridgehead atoms. The molecule has 2 aliphatic rings. The molecule has 1 N–H and O–H groups in total. The first-order valence-electron chi connectivity index (χ1n) is 10.6. The van der Waals surface area contributed by atoms with Crippen molar-refractivity contribution in [2.24, 2.45) is 5.92 Å². The predicted octanol–water partition coefficient (Wildman–Crippen LogP) is 5.94. The van der Waals surface area contributed by atoms with E-state index < -0.39 is 0 Å². The molecule has 4 heteroatoms. The highest BCUT2D eigenvalue weighted by molar-refractivity contribution is 5.91. The number of hydrogen-bond acceptors (Lipinski definition) is 2. The second kappa shape index (κ2) is 8.04. The first-order valence-corrected chi connectivity index (χ1v) is 10.6. The van der Waals surface area contributed by atoms with Gasteiger partial charge in [-0.15, -0.1) is 6.58 Å². The van der Waals surface area contributed by atoms with E-state index >= 15 is 0 Å². The lowest BCUT2D eigenvalue weighted by molar-refractivity contribution is 0.272. The number of pyridine rings is 1. The summed E-state index contributed by atoms with van der Waals surface area (Å²) < 4.78 is 13.5. The summed E-state index contributed by atoms with van der Waals surface area (Å²) in [7, 11) is 0. The smallest absolute Gasteiger partial charge is 0.123 e. The van der Waals surface area contributed by atoms with Gasteiger partial charge in [-0.2, -0.15) is 0 Å². The van der Waals surface area contributed by atoms with Gasteiger partial charge in [0, 0.05) is 48.8 Å². The number of hydrogen-bond donors (Lipinski definition) is 1. The van der Waals surface area contributed by atoms with E-state index in [2.05, 4.69) is 39.8 Å². The van der Waals surface area contributed by atoms with E-state index in [9.17, 15) is 4.39 Å². The number of rotatable bonds is 5. The molecule has 3 aromatic rings. The number of allylic oxidation sites excluding steroid dienone is 1. The fourth-order valence-electron chi connectivity index (χ4n) is 5.06. The fourth-order valence-corrected chi connectivity index (χ4v) is 5.06. The molecule has 1 fully saturated rings. The van der Waals surface area contributed by atoms with E-state index in [1.165, 1.54) is 41.8 Å². The average Bonchev–Trinajstić information content (AvgIpc) is 3.38. The van der Waals surface area contributed by atoms with E-state index in [-0.39, 0.29) is 5.82 Å². The van der Waals surface area contributed by atoms with Crippen LogP contribution in [0.3, 0.4) is 0 Å². The van der Waals surface area contributed by atoms with Gasteiger partial charge in [-0.25, -0.2) is 4.39 Å². The van der Waals surface area contributed by atoms with E-state index in [4.69, 9.17) is 0 Å². The van der Waals surface area contributed by atoms with Crippen molar-refractivity contribution in [3.8, 4) is 22.4 Å². The highest BCUT2D eigenvalue weighted by Gasteiger charge is 2.34. The van der Waals surface area contributed by atoms with Crippen molar-refractivity contribution in [1.29, 1.82) is 0 Å². The molecule has 0 aliphatic carbocycles. The Bertz CT molecular complexity index is 1070. The normalized spacial score (nSPS) is 21.3. The van der Waals surface area contributed by atoms with Gasteiger partial charge in [0.15, 0.2) is 0 Å². The van der Waals surface area contributed by atoms with E-state index in [1.807, 2.05) is 36.7 Å². The zero-order chi connectivity index (χ0) is 20.5. The van der Waals surface area contributed by atoms with E-state index in [0.717, 1.165) is 42.1 Å². The molecule has 0 unspecified atom stereocenters. The van der Waals surface area contributed by atoms with Gasteiger partial charge in [-0.1, -0.05) is 12.2 Å². The van der Waals surface area contributed by atoms with Gasteiger partial charge in [-0.05, 0) is 78.3 Å². The Morgan fingerprint density at radius 1 is 1.13 bits per heavy atom. The van der Waals surface area contributed by atoms with Crippen LogP contribution in [0, 0.1) is 11.7 Å².